The average molecular weight is 203 g/mol. The quantitative estimate of drug-likeness (QED) is 0.804. The van der Waals surface area contributed by atoms with Crippen molar-refractivity contribution in [3.05, 3.63) is 23.8 Å². The first-order valence-electron chi connectivity index (χ1n) is 5.44. The van der Waals surface area contributed by atoms with E-state index in [-0.39, 0.29) is 0 Å². The SMILES string of the molecule is CCNc1nc2cc(C(C)C)ccc2[nH]1. The van der Waals surface area contributed by atoms with E-state index in [0.29, 0.717) is 5.92 Å². The Bertz CT molecular complexity index is 457. The molecule has 3 nitrogen and oxygen atoms in total. The fourth-order valence-electron chi connectivity index (χ4n) is 1.63. The highest BCUT2D eigenvalue weighted by atomic mass is 15.1. The molecule has 0 spiro atoms. The number of anilines is 1. The van der Waals surface area contributed by atoms with E-state index in [1.165, 1.54) is 5.56 Å². The number of rotatable bonds is 3. The number of hydrogen-bond donors (Lipinski definition) is 2. The van der Waals surface area contributed by atoms with Gasteiger partial charge >= 0.3 is 0 Å². The van der Waals surface area contributed by atoms with E-state index in [1.54, 1.807) is 0 Å². The molecule has 0 atom stereocenters. The second-order valence-corrected chi connectivity index (χ2v) is 4.05. The largest absolute Gasteiger partial charge is 0.356 e. The van der Waals surface area contributed by atoms with Gasteiger partial charge in [0.2, 0.25) is 5.95 Å². The molecule has 2 aromatic rings. The first-order chi connectivity index (χ1) is 7.20. The lowest BCUT2D eigenvalue weighted by Gasteiger charge is -2.03. The summed E-state index contributed by atoms with van der Waals surface area (Å²) >= 11 is 0. The summed E-state index contributed by atoms with van der Waals surface area (Å²) in [4.78, 5) is 7.72. The molecule has 2 rings (SSSR count). The molecule has 1 aromatic carbocycles. The molecule has 0 fully saturated rings. The summed E-state index contributed by atoms with van der Waals surface area (Å²) in [5, 5.41) is 3.18. The maximum atomic E-state index is 4.48. The lowest BCUT2D eigenvalue weighted by molar-refractivity contribution is 0.868. The Kier molecular flexibility index (Phi) is 2.62. The van der Waals surface area contributed by atoms with Crippen LogP contribution in [0.3, 0.4) is 0 Å². The molecule has 1 heterocycles. The predicted molar refractivity (Wildman–Crippen MR) is 64.3 cm³/mol. The fraction of sp³-hybridized carbons (Fsp3) is 0.417. The van der Waals surface area contributed by atoms with Crippen molar-refractivity contribution in [3.8, 4) is 0 Å². The molecule has 2 N–H and O–H groups in total. The molecule has 0 unspecified atom stereocenters. The second-order valence-electron chi connectivity index (χ2n) is 4.05. The van der Waals surface area contributed by atoms with Crippen molar-refractivity contribution in [3.63, 3.8) is 0 Å². The number of benzene rings is 1. The number of aromatic nitrogens is 2. The van der Waals surface area contributed by atoms with Gasteiger partial charge in [-0.15, -0.1) is 0 Å². The Balaban J connectivity index is 2.43. The van der Waals surface area contributed by atoms with Crippen LogP contribution in [-0.2, 0) is 0 Å². The lowest BCUT2D eigenvalue weighted by Crippen LogP contribution is -1.97. The Morgan fingerprint density at radius 2 is 2.20 bits per heavy atom. The summed E-state index contributed by atoms with van der Waals surface area (Å²) in [7, 11) is 0. The van der Waals surface area contributed by atoms with Gasteiger partial charge in [0, 0.05) is 6.54 Å². The third-order valence-electron chi connectivity index (χ3n) is 2.52. The van der Waals surface area contributed by atoms with E-state index in [9.17, 15) is 0 Å². The number of fused-ring (bicyclic) bond motifs is 1. The Labute approximate surface area is 89.9 Å². The molecule has 0 saturated heterocycles. The molecule has 0 bridgehead atoms. The van der Waals surface area contributed by atoms with E-state index in [1.807, 2.05) is 0 Å². The smallest absolute Gasteiger partial charge is 0.201 e. The van der Waals surface area contributed by atoms with E-state index in [2.05, 4.69) is 54.3 Å². The van der Waals surface area contributed by atoms with Gasteiger partial charge in [0.1, 0.15) is 0 Å². The standard InChI is InChI=1S/C12H17N3/c1-4-13-12-14-10-6-5-9(8(2)3)7-11(10)15-12/h5-8H,4H2,1-3H3,(H2,13,14,15). The topological polar surface area (TPSA) is 40.7 Å². The highest BCUT2D eigenvalue weighted by Crippen LogP contribution is 2.20. The highest BCUT2D eigenvalue weighted by Gasteiger charge is 2.04. The minimum absolute atomic E-state index is 0.550. The van der Waals surface area contributed by atoms with Crippen molar-refractivity contribution in [2.24, 2.45) is 0 Å². The maximum Gasteiger partial charge on any atom is 0.201 e. The maximum absolute atomic E-state index is 4.48. The van der Waals surface area contributed by atoms with E-state index in [4.69, 9.17) is 0 Å². The average Bonchev–Trinajstić information content (AvgIpc) is 2.59. The van der Waals surface area contributed by atoms with Crippen molar-refractivity contribution < 1.29 is 0 Å². The van der Waals surface area contributed by atoms with Crippen molar-refractivity contribution >= 4 is 17.0 Å². The number of H-pyrrole nitrogens is 1. The van der Waals surface area contributed by atoms with Gasteiger partial charge in [0.25, 0.3) is 0 Å². The van der Waals surface area contributed by atoms with Crippen molar-refractivity contribution in [2.75, 3.05) is 11.9 Å². The zero-order chi connectivity index (χ0) is 10.8. The van der Waals surface area contributed by atoms with Gasteiger partial charge in [-0.3, -0.25) is 0 Å². The van der Waals surface area contributed by atoms with Crippen LogP contribution in [0.15, 0.2) is 18.2 Å². The predicted octanol–water partition coefficient (Wildman–Crippen LogP) is 3.12. The van der Waals surface area contributed by atoms with Crippen LogP contribution in [0, 0.1) is 0 Å². The molecule has 0 amide bonds. The van der Waals surface area contributed by atoms with Crippen LogP contribution in [0.4, 0.5) is 5.95 Å². The van der Waals surface area contributed by atoms with Gasteiger partial charge in [-0.2, -0.15) is 0 Å². The summed E-state index contributed by atoms with van der Waals surface area (Å²) in [6.45, 7) is 7.33. The number of hydrogen-bond acceptors (Lipinski definition) is 2. The van der Waals surface area contributed by atoms with Gasteiger partial charge in [-0.05, 0) is 30.5 Å². The van der Waals surface area contributed by atoms with Gasteiger partial charge in [-0.25, -0.2) is 4.98 Å². The van der Waals surface area contributed by atoms with Crippen molar-refractivity contribution in [1.29, 1.82) is 0 Å². The summed E-state index contributed by atoms with van der Waals surface area (Å²) < 4.78 is 0. The number of nitrogens with one attached hydrogen (secondary N) is 2. The van der Waals surface area contributed by atoms with Gasteiger partial charge in [-0.1, -0.05) is 19.9 Å². The van der Waals surface area contributed by atoms with Crippen LogP contribution < -0.4 is 5.32 Å². The van der Waals surface area contributed by atoms with Crippen LogP contribution >= 0.6 is 0 Å². The third kappa shape index (κ3) is 1.96. The summed E-state index contributed by atoms with van der Waals surface area (Å²) in [6, 6.07) is 6.40. The summed E-state index contributed by atoms with van der Waals surface area (Å²) in [5.41, 5.74) is 3.46. The summed E-state index contributed by atoms with van der Waals surface area (Å²) in [5.74, 6) is 1.40. The van der Waals surface area contributed by atoms with E-state index in [0.717, 1.165) is 23.5 Å². The second kappa shape index (κ2) is 3.93. The minimum atomic E-state index is 0.550. The molecular weight excluding hydrogens is 186 g/mol. The molecule has 0 saturated carbocycles. The van der Waals surface area contributed by atoms with Gasteiger partial charge in [0.15, 0.2) is 0 Å². The highest BCUT2D eigenvalue weighted by molar-refractivity contribution is 5.78. The zero-order valence-corrected chi connectivity index (χ0v) is 9.46. The van der Waals surface area contributed by atoms with E-state index < -0.39 is 0 Å². The molecule has 0 aliphatic heterocycles. The van der Waals surface area contributed by atoms with Crippen LogP contribution in [0.25, 0.3) is 11.0 Å². The van der Waals surface area contributed by atoms with Crippen LogP contribution in [0.1, 0.15) is 32.3 Å². The van der Waals surface area contributed by atoms with Crippen LogP contribution in [-0.4, -0.2) is 16.5 Å². The third-order valence-corrected chi connectivity index (χ3v) is 2.52. The Morgan fingerprint density at radius 1 is 1.40 bits per heavy atom. The first-order valence-corrected chi connectivity index (χ1v) is 5.44. The molecule has 0 aliphatic carbocycles. The Morgan fingerprint density at radius 3 is 2.87 bits per heavy atom. The first kappa shape index (κ1) is 10.0. The van der Waals surface area contributed by atoms with Gasteiger partial charge < -0.3 is 10.3 Å². The molecule has 0 radical (unpaired) electrons. The van der Waals surface area contributed by atoms with Crippen LogP contribution in [0.5, 0.6) is 0 Å². The number of nitrogens with zero attached hydrogens (tertiary/aromatic N) is 1. The molecule has 1 aromatic heterocycles. The zero-order valence-electron chi connectivity index (χ0n) is 9.46. The normalized spacial score (nSPS) is 11.2. The monoisotopic (exact) mass is 203 g/mol. The Hall–Kier alpha value is -1.51. The molecular formula is C12H17N3. The van der Waals surface area contributed by atoms with Crippen molar-refractivity contribution in [1.82, 2.24) is 9.97 Å². The van der Waals surface area contributed by atoms with Gasteiger partial charge in [0.05, 0.1) is 11.0 Å². The van der Waals surface area contributed by atoms with Crippen molar-refractivity contribution in [2.45, 2.75) is 26.7 Å². The van der Waals surface area contributed by atoms with Crippen LogP contribution in [0.2, 0.25) is 0 Å². The summed E-state index contributed by atoms with van der Waals surface area (Å²) in [6.07, 6.45) is 0. The lowest BCUT2D eigenvalue weighted by atomic mass is 10.0. The number of imidazole rings is 1. The van der Waals surface area contributed by atoms with E-state index >= 15 is 0 Å². The molecule has 0 aliphatic rings. The molecule has 15 heavy (non-hydrogen) atoms. The molecule has 80 valence electrons. The fourth-order valence-corrected chi connectivity index (χ4v) is 1.63. The molecule has 3 heteroatoms. The minimum Gasteiger partial charge on any atom is -0.356 e. The number of aromatic amines is 1.